The molecule has 5 nitrogen and oxygen atoms in total. The number of phenolic OH excluding ortho intramolecular Hbond substituents is 1. The van der Waals surface area contributed by atoms with Gasteiger partial charge in [0.2, 0.25) is 0 Å². The van der Waals surface area contributed by atoms with Crippen molar-refractivity contribution in [2.24, 2.45) is 4.99 Å². The molecule has 0 radical (unpaired) electrons. The largest absolute Gasteiger partial charge is 0.506 e. The van der Waals surface area contributed by atoms with Crippen LogP contribution in [0, 0.1) is 0 Å². The lowest BCUT2D eigenvalue weighted by Gasteiger charge is -2.25. The van der Waals surface area contributed by atoms with Gasteiger partial charge < -0.3 is 20.5 Å². The molecular formula is C27H31N3O2. The molecule has 4 rings (SSSR count). The summed E-state index contributed by atoms with van der Waals surface area (Å²) in [6.07, 6.45) is 6.01. The van der Waals surface area contributed by atoms with Crippen LogP contribution in [0.15, 0.2) is 77.8 Å². The van der Waals surface area contributed by atoms with Gasteiger partial charge in [-0.3, -0.25) is 0 Å². The first-order valence-corrected chi connectivity index (χ1v) is 11.3. The molecule has 0 aliphatic heterocycles. The van der Waals surface area contributed by atoms with E-state index >= 15 is 0 Å². The van der Waals surface area contributed by atoms with Gasteiger partial charge in [0.05, 0.1) is 19.3 Å². The first kappa shape index (κ1) is 21.8. The predicted molar refractivity (Wildman–Crippen MR) is 131 cm³/mol. The highest BCUT2D eigenvalue weighted by Crippen LogP contribution is 2.30. The summed E-state index contributed by atoms with van der Waals surface area (Å²) < 4.78 is 5.48. The van der Waals surface area contributed by atoms with Crippen LogP contribution in [0.5, 0.6) is 11.5 Å². The Bertz CT molecular complexity index is 1040. The SMILES string of the molecule is COc1ccccc1CN=C(Nc1cc(-c2ccccc2)ccc1O)NC1CCCCC1. The standard InChI is InChI=1S/C27H31N3O2/c1-32-26-15-9-8-12-22(26)19-28-27(29-23-13-6-3-7-14-23)30-24-18-21(16-17-25(24)31)20-10-4-2-5-11-20/h2,4-5,8-12,15-18,23,31H,3,6-7,13-14,19H2,1H3,(H2,28,29,30). The summed E-state index contributed by atoms with van der Waals surface area (Å²) in [6, 6.07) is 24.1. The van der Waals surface area contributed by atoms with Gasteiger partial charge in [-0.15, -0.1) is 0 Å². The van der Waals surface area contributed by atoms with Crippen molar-refractivity contribution in [2.75, 3.05) is 12.4 Å². The molecule has 5 heteroatoms. The molecule has 0 atom stereocenters. The van der Waals surface area contributed by atoms with Gasteiger partial charge in [-0.2, -0.15) is 0 Å². The number of rotatable bonds is 6. The van der Waals surface area contributed by atoms with E-state index in [1.807, 2.05) is 54.6 Å². The molecule has 0 heterocycles. The van der Waals surface area contributed by atoms with E-state index < -0.39 is 0 Å². The Labute approximate surface area is 190 Å². The fourth-order valence-corrected chi connectivity index (χ4v) is 4.13. The highest BCUT2D eigenvalue weighted by molar-refractivity contribution is 5.96. The van der Waals surface area contributed by atoms with Crippen LogP contribution >= 0.6 is 0 Å². The third kappa shape index (κ3) is 5.61. The number of methoxy groups -OCH3 is 1. The number of benzene rings is 3. The zero-order chi connectivity index (χ0) is 22.2. The molecule has 0 saturated heterocycles. The highest BCUT2D eigenvalue weighted by atomic mass is 16.5. The Hall–Kier alpha value is -3.47. The minimum Gasteiger partial charge on any atom is -0.506 e. The molecule has 0 bridgehead atoms. The Balaban J connectivity index is 1.59. The van der Waals surface area contributed by atoms with Gasteiger partial charge in [-0.05, 0) is 42.2 Å². The first-order chi connectivity index (χ1) is 15.7. The van der Waals surface area contributed by atoms with E-state index in [2.05, 4.69) is 22.8 Å². The second-order valence-electron chi connectivity index (χ2n) is 8.18. The summed E-state index contributed by atoms with van der Waals surface area (Å²) in [5, 5.41) is 17.5. The smallest absolute Gasteiger partial charge is 0.196 e. The van der Waals surface area contributed by atoms with E-state index in [0.29, 0.717) is 24.2 Å². The molecule has 32 heavy (non-hydrogen) atoms. The summed E-state index contributed by atoms with van der Waals surface area (Å²) in [5.74, 6) is 1.69. The van der Waals surface area contributed by atoms with Crippen LogP contribution in [0.3, 0.4) is 0 Å². The topological polar surface area (TPSA) is 65.9 Å². The molecule has 1 saturated carbocycles. The number of nitrogens with one attached hydrogen (secondary N) is 2. The molecule has 0 amide bonds. The van der Waals surface area contributed by atoms with E-state index in [0.717, 1.165) is 35.3 Å². The third-order valence-corrected chi connectivity index (χ3v) is 5.90. The first-order valence-electron chi connectivity index (χ1n) is 11.3. The Morgan fingerprint density at radius 3 is 2.47 bits per heavy atom. The summed E-state index contributed by atoms with van der Waals surface area (Å²) in [7, 11) is 1.68. The average Bonchev–Trinajstić information content (AvgIpc) is 2.85. The lowest BCUT2D eigenvalue weighted by Crippen LogP contribution is -2.40. The molecule has 1 aliphatic rings. The number of aliphatic imine (C=N–C) groups is 1. The predicted octanol–water partition coefficient (Wildman–Crippen LogP) is 5.96. The monoisotopic (exact) mass is 429 g/mol. The Morgan fingerprint density at radius 1 is 0.938 bits per heavy atom. The van der Waals surface area contributed by atoms with Gasteiger partial charge in [-0.1, -0.05) is 73.9 Å². The quantitative estimate of drug-likeness (QED) is 0.257. The van der Waals surface area contributed by atoms with Gasteiger partial charge in [-0.25, -0.2) is 4.99 Å². The minimum atomic E-state index is 0.195. The van der Waals surface area contributed by atoms with Gasteiger partial charge >= 0.3 is 0 Å². The summed E-state index contributed by atoms with van der Waals surface area (Å²) in [6.45, 7) is 0.477. The average molecular weight is 430 g/mol. The molecular weight excluding hydrogens is 398 g/mol. The number of para-hydroxylation sites is 1. The lowest BCUT2D eigenvalue weighted by atomic mass is 9.96. The van der Waals surface area contributed by atoms with Crippen molar-refractivity contribution in [3.63, 3.8) is 0 Å². The van der Waals surface area contributed by atoms with Crippen LogP contribution < -0.4 is 15.4 Å². The van der Waals surface area contributed by atoms with E-state index in [4.69, 9.17) is 9.73 Å². The zero-order valence-corrected chi connectivity index (χ0v) is 18.6. The van der Waals surface area contributed by atoms with E-state index in [1.165, 1.54) is 19.3 Å². The maximum Gasteiger partial charge on any atom is 0.196 e. The molecule has 0 aromatic heterocycles. The number of phenols is 1. The van der Waals surface area contributed by atoms with Gasteiger partial charge in [0.15, 0.2) is 5.96 Å². The van der Waals surface area contributed by atoms with Crippen molar-refractivity contribution in [3.8, 4) is 22.6 Å². The fraction of sp³-hybridized carbons (Fsp3) is 0.296. The van der Waals surface area contributed by atoms with Gasteiger partial charge in [0.1, 0.15) is 11.5 Å². The van der Waals surface area contributed by atoms with Crippen LogP contribution in [0.25, 0.3) is 11.1 Å². The molecule has 3 aromatic rings. The third-order valence-electron chi connectivity index (χ3n) is 5.90. The highest BCUT2D eigenvalue weighted by Gasteiger charge is 2.16. The minimum absolute atomic E-state index is 0.195. The summed E-state index contributed by atoms with van der Waals surface area (Å²) in [5.41, 5.74) is 3.78. The number of nitrogens with zero attached hydrogens (tertiary/aromatic N) is 1. The van der Waals surface area contributed by atoms with Gasteiger partial charge in [0, 0.05) is 11.6 Å². The number of hydrogen-bond donors (Lipinski definition) is 3. The van der Waals surface area contributed by atoms with Crippen LogP contribution in [-0.2, 0) is 6.54 Å². The maximum atomic E-state index is 10.5. The van der Waals surface area contributed by atoms with Crippen molar-refractivity contribution in [1.82, 2.24) is 5.32 Å². The maximum absolute atomic E-state index is 10.5. The zero-order valence-electron chi connectivity index (χ0n) is 18.6. The molecule has 1 aliphatic carbocycles. The van der Waals surface area contributed by atoms with Gasteiger partial charge in [0.25, 0.3) is 0 Å². The second-order valence-corrected chi connectivity index (χ2v) is 8.18. The lowest BCUT2D eigenvalue weighted by molar-refractivity contribution is 0.409. The van der Waals surface area contributed by atoms with Crippen LogP contribution in [0.1, 0.15) is 37.7 Å². The van der Waals surface area contributed by atoms with Crippen molar-refractivity contribution in [3.05, 3.63) is 78.4 Å². The normalized spacial score (nSPS) is 14.7. The number of anilines is 1. The fourth-order valence-electron chi connectivity index (χ4n) is 4.13. The Morgan fingerprint density at radius 2 is 1.69 bits per heavy atom. The molecule has 0 spiro atoms. The second kappa shape index (κ2) is 10.7. The van der Waals surface area contributed by atoms with E-state index in [9.17, 15) is 5.11 Å². The van der Waals surface area contributed by atoms with Crippen molar-refractivity contribution in [1.29, 1.82) is 0 Å². The van der Waals surface area contributed by atoms with Crippen LogP contribution in [0.4, 0.5) is 5.69 Å². The number of hydrogen-bond acceptors (Lipinski definition) is 3. The van der Waals surface area contributed by atoms with Crippen molar-refractivity contribution in [2.45, 2.75) is 44.7 Å². The number of guanidine groups is 1. The molecule has 3 aromatic carbocycles. The number of ether oxygens (including phenoxy) is 1. The van der Waals surface area contributed by atoms with Crippen molar-refractivity contribution >= 4 is 11.6 Å². The van der Waals surface area contributed by atoms with Crippen LogP contribution in [-0.4, -0.2) is 24.2 Å². The van der Waals surface area contributed by atoms with Crippen molar-refractivity contribution < 1.29 is 9.84 Å². The molecule has 166 valence electrons. The molecule has 3 N–H and O–H groups in total. The van der Waals surface area contributed by atoms with Crippen LogP contribution in [0.2, 0.25) is 0 Å². The van der Waals surface area contributed by atoms with E-state index in [-0.39, 0.29) is 5.75 Å². The summed E-state index contributed by atoms with van der Waals surface area (Å²) in [4.78, 5) is 4.84. The molecule has 1 fully saturated rings. The Kier molecular flexibility index (Phi) is 7.28. The molecule has 0 unspecified atom stereocenters. The van der Waals surface area contributed by atoms with E-state index in [1.54, 1.807) is 13.2 Å². The summed E-state index contributed by atoms with van der Waals surface area (Å²) >= 11 is 0. The number of aromatic hydroxyl groups is 1.